The third kappa shape index (κ3) is 2.33. The number of carbonyl (C=O) groups is 2. The van der Waals surface area contributed by atoms with Crippen LogP contribution in [-0.4, -0.2) is 39.1 Å². The van der Waals surface area contributed by atoms with E-state index in [-0.39, 0.29) is 11.3 Å². The molecule has 0 radical (unpaired) electrons. The first-order valence-corrected chi connectivity index (χ1v) is 8.38. The number of thioether (sulfide) groups is 1. The smallest absolute Gasteiger partial charge is 0.327 e. The second kappa shape index (κ2) is 5.37. The molecule has 2 unspecified atom stereocenters. The SMILES string of the molecule is CCC1SCC(C(=O)O)N1C(=O)C1(c2ccccc2)CC1. The molecule has 0 aromatic heterocycles. The summed E-state index contributed by atoms with van der Waals surface area (Å²) in [5.74, 6) is -0.404. The van der Waals surface area contributed by atoms with Crippen molar-refractivity contribution in [3.8, 4) is 0 Å². The fourth-order valence-electron chi connectivity index (χ4n) is 3.10. The lowest BCUT2D eigenvalue weighted by molar-refractivity contribution is -0.150. The van der Waals surface area contributed by atoms with Gasteiger partial charge in [0.15, 0.2) is 0 Å². The Bertz CT molecular complexity index is 556. The number of nitrogens with zero attached hydrogens (tertiary/aromatic N) is 1. The molecule has 1 saturated heterocycles. The van der Waals surface area contributed by atoms with E-state index in [9.17, 15) is 14.7 Å². The Hall–Kier alpha value is -1.49. The highest BCUT2D eigenvalue weighted by Gasteiger charge is 2.56. The zero-order valence-electron chi connectivity index (χ0n) is 12.0. The Morgan fingerprint density at radius 1 is 1.33 bits per heavy atom. The molecule has 1 heterocycles. The van der Waals surface area contributed by atoms with Crippen LogP contribution in [0, 0.1) is 0 Å². The van der Waals surface area contributed by atoms with Crippen molar-refractivity contribution in [2.45, 2.75) is 43.0 Å². The molecule has 0 bridgehead atoms. The van der Waals surface area contributed by atoms with Crippen molar-refractivity contribution < 1.29 is 14.7 Å². The van der Waals surface area contributed by atoms with Gasteiger partial charge in [-0.05, 0) is 24.8 Å². The molecular formula is C16H19NO3S. The number of amides is 1. The van der Waals surface area contributed by atoms with E-state index in [4.69, 9.17) is 0 Å². The van der Waals surface area contributed by atoms with Gasteiger partial charge in [-0.25, -0.2) is 4.79 Å². The molecule has 5 heteroatoms. The minimum absolute atomic E-state index is 0.00190. The number of hydrogen-bond donors (Lipinski definition) is 1. The molecule has 1 aromatic rings. The van der Waals surface area contributed by atoms with Gasteiger partial charge in [-0.1, -0.05) is 37.3 Å². The van der Waals surface area contributed by atoms with Crippen LogP contribution in [0.5, 0.6) is 0 Å². The van der Waals surface area contributed by atoms with Crippen molar-refractivity contribution >= 4 is 23.6 Å². The quantitative estimate of drug-likeness (QED) is 0.928. The van der Waals surface area contributed by atoms with Gasteiger partial charge >= 0.3 is 5.97 Å². The monoisotopic (exact) mass is 305 g/mol. The molecule has 21 heavy (non-hydrogen) atoms. The van der Waals surface area contributed by atoms with Crippen LogP contribution in [0.1, 0.15) is 31.7 Å². The van der Waals surface area contributed by atoms with Gasteiger partial charge in [-0.15, -0.1) is 11.8 Å². The standard InChI is InChI=1S/C16H19NO3S/c1-2-13-17(12(10-21-13)14(18)19)15(20)16(8-9-16)11-6-4-3-5-7-11/h3-7,12-13H,2,8-10H2,1H3,(H,18,19). The number of rotatable bonds is 4. The number of carbonyl (C=O) groups excluding carboxylic acids is 1. The Kier molecular flexibility index (Phi) is 3.69. The van der Waals surface area contributed by atoms with E-state index in [2.05, 4.69) is 0 Å². The minimum atomic E-state index is -0.893. The molecule has 1 N–H and O–H groups in total. The van der Waals surface area contributed by atoms with Gasteiger partial charge in [-0.2, -0.15) is 0 Å². The van der Waals surface area contributed by atoms with Gasteiger partial charge in [0.05, 0.1) is 10.8 Å². The lowest BCUT2D eigenvalue weighted by Gasteiger charge is -2.31. The summed E-state index contributed by atoms with van der Waals surface area (Å²) in [6.07, 6.45) is 2.42. The van der Waals surface area contributed by atoms with E-state index >= 15 is 0 Å². The van der Waals surface area contributed by atoms with Crippen LogP contribution in [0.15, 0.2) is 30.3 Å². The molecule has 2 fully saturated rings. The molecule has 1 aliphatic heterocycles. The normalized spacial score (nSPS) is 26.6. The highest BCUT2D eigenvalue weighted by Crippen LogP contribution is 2.51. The van der Waals surface area contributed by atoms with Gasteiger partial charge in [-0.3, -0.25) is 4.79 Å². The molecule has 112 valence electrons. The summed E-state index contributed by atoms with van der Waals surface area (Å²) in [6.45, 7) is 2.00. The van der Waals surface area contributed by atoms with Crippen LogP contribution in [-0.2, 0) is 15.0 Å². The molecule has 1 saturated carbocycles. The van der Waals surface area contributed by atoms with Crippen LogP contribution in [0.25, 0.3) is 0 Å². The summed E-state index contributed by atoms with van der Waals surface area (Å²) in [7, 11) is 0. The van der Waals surface area contributed by atoms with Crippen molar-refractivity contribution in [1.29, 1.82) is 0 Å². The first kappa shape index (κ1) is 14.4. The second-order valence-electron chi connectivity index (χ2n) is 5.71. The number of benzene rings is 1. The van der Waals surface area contributed by atoms with E-state index in [1.165, 1.54) is 0 Å². The lowest BCUT2D eigenvalue weighted by Crippen LogP contribution is -2.49. The van der Waals surface area contributed by atoms with E-state index < -0.39 is 17.4 Å². The summed E-state index contributed by atoms with van der Waals surface area (Å²) in [5, 5.41) is 9.38. The van der Waals surface area contributed by atoms with Crippen molar-refractivity contribution in [2.75, 3.05) is 5.75 Å². The predicted octanol–water partition coefficient (Wildman–Crippen LogP) is 2.48. The Labute approximate surface area is 128 Å². The minimum Gasteiger partial charge on any atom is -0.480 e. The van der Waals surface area contributed by atoms with E-state index in [0.717, 1.165) is 24.8 Å². The molecule has 1 amide bonds. The van der Waals surface area contributed by atoms with Gasteiger partial charge in [0, 0.05) is 5.75 Å². The largest absolute Gasteiger partial charge is 0.480 e. The van der Waals surface area contributed by atoms with Gasteiger partial charge in [0.25, 0.3) is 0 Å². The molecule has 0 spiro atoms. The van der Waals surface area contributed by atoms with Crippen LogP contribution >= 0.6 is 11.8 Å². The third-order valence-electron chi connectivity index (χ3n) is 4.45. The number of carboxylic acids is 1. The summed E-state index contributed by atoms with van der Waals surface area (Å²) < 4.78 is 0. The molecule has 1 aromatic carbocycles. The van der Waals surface area contributed by atoms with Crippen molar-refractivity contribution in [1.82, 2.24) is 4.90 Å². The third-order valence-corrected chi connectivity index (χ3v) is 5.90. The topological polar surface area (TPSA) is 57.6 Å². The maximum Gasteiger partial charge on any atom is 0.327 e. The first-order chi connectivity index (χ1) is 10.1. The van der Waals surface area contributed by atoms with Crippen molar-refractivity contribution in [3.63, 3.8) is 0 Å². The summed E-state index contributed by atoms with van der Waals surface area (Å²) in [6, 6.07) is 9.08. The molecular weight excluding hydrogens is 286 g/mol. The number of aliphatic carboxylic acids is 1. The van der Waals surface area contributed by atoms with Crippen LogP contribution in [0.4, 0.5) is 0 Å². The highest BCUT2D eigenvalue weighted by molar-refractivity contribution is 8.00. The van der Waals surface area contributed by atoms with E-state index in [1.807, 2.05) is 37.3 Å². The molecule has 1 aliphatic carbocycles. The summed E-state index contributed by atoms with van der Waals surface area (Å²) >= 11 is 1.58. The first-order valence-electron chi connectivity index (χ1n) is 7.33. The molecule has 4 nitrogen and oxygen atoms in total. The number of hydrogen-bond acceptors (Lipinski definition) is 3. The zero-order chi connectivity index (χ0) is 15.0. The predicted molar refractivity (Wildman–Crippen MR) is 82.2 cm³/mol. The maximum absolute atomic E-state index is 13.1. The molecule has 3 rings (SSSR count). The van der Waals surface area contributed by atoms with Crippen LogP contribution in [0.3, 0.4) is 0 Å². The van der Waals surface area contributed by atoms with E-state index in [1.54, 1.807) is 16.7 Å². The van der Waals surface area contributed by atoms with Crippen LogP contribution < -0.4 is 0 Å². The van der Waals surface area contributed by atoms with E-state index in [0.29, 0.717) is 5.75 Å². The van der Waals surface area contributed by atoms with Gasteiger partial charge < -0.3 is 10.0 Å². The fraction of sp³-hybridized carbons (Fsp3) is 0.500. The Balaban J connectivity index is 1.91. The molecule has 2 aliphatic rings. The number of carboxylic acid groups (broad SMARTS) is 1. The zero-order valence-corrected chi connectivity index (χ0v) is 12.8. The van der Waals surface area contributed by atoms with Gasteiger partial charge in [0.2, 0.25) is 5.91 Å². The highest BCUT2D eigenvalue weighted by atomic mass is 32.2. The molecule has 2 atom stereocenters. The summed E-state index contributed by atoms with van der Waals surface area (Å²) in [4.78, 5) is 26.1. The average Bonchev–Trinajstić information content (AvgIpc) is 3.20. The van der Waals surface area contributed by atoms with Crippen LogP contribution in [0.2, 0.25) is 0 Å². The second-order valence-corrected chi connectivity index (χ2v) is 6.92. The average molecular weight is 305 g/mol. The van der Waals surface area contributed by atoms with Crippen molar-refractivity contribution in [2.24, 2.45) is 0 Å². The Morgan fingerprint density at radius 2 is 2.00 bits per heavy atom. The fourth-order valence-corrected chi connectivity index (χ4v) is 4.44. The Morgan fingerprint density at radius 3 is 2.52 bits per heavy atom. The van der Waals surface area contributed by atoms with Crippen molar-refractivity contribution in [3.05, 3.63) is 35.9 Å². The van der Waals surface area contributed by atoms with Gasteiger partial charge in [0.1, 0.15) is 6.04 Å². The summed E-state index contributed by atoms with van der Waals surface area (Å²) in [5.41, 5.74) is 0.540. The maximum atomic E-state index is 13.1. The lowest BCUT2D eigenvalue weighted by atomic mass is 9.93.